The predicted octanol–water partition coefficient (Wildman–Crippen LogP) is 1.30. The molecule has 1 saturated heterocycles. The molecule has 0 spiro atoms. The van der Waals surface area contributed by atoms with E-state index in [-0.39, 0.29) is 12.5 Å². The number of carbonyl (C=O) groups excluding carboxylic acids is 1. The summed E-state index contributed by atoms with van der Waals surface area (Å²) in [4.78, 5) is 14.2. The fourth-order valence-electron chi connectivity index (χ4n) is 2.51. The van der Waals surface area contributed by atoms with Crippen LogP contribution in [0, 0.1) is 0 Å². The van der Waals surface area contributed by atoms with Gasteiger partial charge in [0.2, 0.25) is 5.91 Å². The van der Waals surface area contributed by atoms with Crippen LogP contribution in [0.1, 0.15) is 19.3 Å². The van der Waals surface area contributed by atoms with Gasteiger partial charge in [-0.15, -0.1) is 5.10 Å². The fraction of sp³-hybridized carbons (Fsp3) is 0.429. The van der Waals surface area contributed by atoms with Gasteiger partial charge < -0.3 is 10.2 Å². The van der Waals surface area contributed by atoms with Crippen molar-refractivity contribution in [2.45, 2.75) is 25.8 Å². The zero-order valence-corrected chi connectivity index (χ0v) is 11.8. The Morgan fingerprint density at radius 2 is 1.90 bits per heavy atom. The molecular weight excluding hydrogens is 268 g/mol. The quantitative estimate of drug-likeness (QED) is 0.917. The number of amides is 1. The summed E-state index contributed by atoms with van der Waals surface area (Å²) in [6, 6.07) is 7.97. The molecule has 0 radical (unpaired) electrons. The Bertz CT molecular complexity index is 574. The van der Waals surface area contributed by atoms with Gasteiger partial charge in [0.15, 0.2) is 0 Å². The largest absolute Gasteiger partial charge is 0.372 e. The number of benzene rings is 1. The SMILES string of the molecule is O=C(Cn1cnnn1)Nc1ccc(N2CCCCC2)cc1. The minimum atomic E-state index is -0.145. The van der Waals surface area contributed by atoms with Crippen LogP contribution < -0.4 is 10.2 Å². The highest BCUT2D eigenvalue weighted by molar-refractivity contribution is 5.90. The second kappa shape index (κ2) is 6.34. The molecule has 7 heteroatoms. The van der Waals surface area contributed by atoms with Crippen molar-refractivity contribution < 1.29 is 4.79 Å². The second-order valence-electron chi connectivity index (χ2n) is 5.15. The molecule has 0 aliphatic carbocycles. The first-order valence-electron chi connectivity index (χ1n) is 7.17. The Morgan fingerprint density at radius 1 is 1.14 bits per heavy atom. The van der Waals surface area contributed by atoms with Gasteiger partial charge in [-0.1, -0.05) is 0 Å². The van der Waals surface area contributed by atoms with Crippen LogP contribution in [0.15, 0.2) is 30.6 Å². The van der Waals surface area contributed by atoms with Gasteiger partial charge in [0.1, 0.15) is 12.9 Å². The van der Waals surface area contributed by atoms with Crippen LogP contribution in [0.3, 0.4) is 0 Å². The molecule has 1 N–H and O–H groups in total. The first kappa shape index (κ1) is 13.5. The highest BCUT2D eigenvalue weighted by Gasteiger charge is 2.11. The molecule has 2 aromatic rings. The first-order chi connectivity index (χ1) is 10.3. The summed E-state index contributed by atoms with van der Waals surface area (Å²) >= 11 is 0. The van der Waals surface area contributed by atoms with Crippen LogP contribution >= 0.6 is 0 Å². The molecular formula is C14H18N6O. The molecule has 1 fully saturated rings. The molecule has 0 bridgehead atoms. The third-order valence-corrected chi connectivity index (χ3v) is 3.57. The number of aromatic nitrogens is 4. The third-order valence-electron chi connectivity index (χ3n) is 3.57. The molecule has 0 atom stereocenters. The maximum Gasteiger partial charge on any atom is 0.246 e. The van der Waals surface area contributed by atoms with Crippen LogP contribution in [-0.4, -0.2) is 39.2 Å². The smallest absolute Gasteiger partial charge is 0.246 e. The zero-order chi connectivity index (χ0) is 14.5. The van der Waals surface area contributed by atoms with Crippen molar-refractivity contribution >= 4 is 17.3 Å². The Labute approximate surface area is 122 Å². The number of rotatable bonds is 4. The van der Waals surface area contributed by atoms with E-state index in [9.17, 15) is 4.79 Å². The van der Waals surface area contributed by atoms with Gasteiger partial charge in [-0.05, 0) is 54.0 Å². The van der Waals surface area contributed by atoms with Gasteiger partial charge in [-0.25, -0.2) is 4.68 Å². The highest BCUT2D eigenvalue weighted by Crippen LogP contribution is 2.21. The number of piperidine rings is 1. The zero-order valence-electron chi connectivity index (χ0n) is 11.8. The van der Waals surface area contributed by atoms with Crippen LogP contribution in [0.4, 0.5) is 11.4 Å². The first-order valence-corrected chi connectivity index (χ1v) is 7.17. The number of nitrogens with zero attached hydrogens (tertiary/aromatic N) is 5. The number of hydrogen-bond donors (Lipinski definition) is 1. The number of hydrogen-bond acceptors (Lipinski definition) is 5. The lowest BCUT2D eigenvalue weighted by molar-refractivity contribution is -0.116. The van der Waals surface area contributed by atoms with E-state index in [2.05, 4.69) is 37.9 Å². The molecule has 1 amide bonds. The average molecular weight is 286 g/mol. The summed E-state index contributed by atoms with van der Waals surface area (Å²) in [5, 5.41) is 13.5. The van der Waals surface area contributed by atoms with E-state index in [1.54, 1.807) is 0 Å². The summed E-state index contributed by atoms with van der Waals surface area (Å²) in [6.45, 7) is 2.34. The number of tetrazole rings is 1. The molecule has 1 aromatic carbocycles. The maximum atomic E-state index is 11.8. The van der Waals surface area contributed by atoms with Crippen molar-refractivity contribution in [1.82, 2.24) is 20.2 Å². The van der Waals surface area contributed by atoms with E-state index in [1.165, 1.54) is 36.0 Å². The van der Waals surface area contributed by atoms with E-state index < -0.39 is 0 Å². The monoisotopic (exact) mass is 286 g/mol. The van der Waals surface area contributed by atoms with Crippen molar-refractivity contribution in [3.63, 3.8) is 0 Å². The van der Waals surface area contributed by atoms with Gasteiger partial charge in [0, 0.05) is 24.5 Å². The van der Waals surface area contributed by atoms with Crippen LogP contribution in [0.25, 0.3) is 0 Å². The number of anilines is 2. The van der Waals surface area contributed by atoms with Gasteiger partial charge >= 0.3 is 0 Å². The van der Waals surface area contributed by atoms with E-state index in [0.29, 0.717) is 0 Å². The lowest BCUT2D eigenvalue weighted by Gasteiger charge is -2.28. The predicted molar refractivity (Wildman–Crippen MR) is 79.0 cm³/mol. The molecule has 0 unspecified atom stereocenters. The Balaban J connectivity index is 1.57. The molecule has 110 valence electrons. The van der Waals surface area contributed by atoms with Gasteiger partial charge in [0.25, 0.3) is 0 Å². The average Bonchev–Trinajstić information content (AvgIpc) is 3.02. The van der Waals surface area contributed by atoms with Crippen LogP contribution in [0.2, 0.25) is 0 Å². The van der Waals surface area contributed by atoms with Gasteiger partial charge in [-0.3, -0.25) is 4.79 Å². The summed E-state index contributed by atoms with van der Waals surface area (Å²) < 4.78 is 1.39. The van der Waals surface area contributed by atoms with Crippen molar-refractivity contribution in [3.8, 4) is 0 Å². The van der Waals surface area contributed by atoms with Crippen molar-refractivity contribution in [1.29, 1.82) is 0 Å². The van der Waals surface area contributed by atoms with Crippen LogP contribution in [0.5, 0.6) is 0 Å². The lowest BCUT2D eigenvalue weighted by atomic mass is 10.1. The summed E-state index contributed by atoms with van der Waals surface area (Å²) in [5.41, 5.74) is 2.00. The normalized spacial score (nSPS) is 15.0. The van der Waals surface area contributed by atoms with Gasteiger partial charge in [-0.2, -0.15) is 0 Å². The molecule has 1 aliphatic rings. The van der Waals surface area contributed by atoms with Crippen molar-refractivity contribution in [3.05, 3.63) is 30.6 Å². The molecule has 2 heterocycles. The molecule has 1 aromatic heterocycles. The van der Waals surface area contributed by atoms with E-state index >= 15 is 0 Å². The highest BCUT2D eigenvalue weighted by atomic mass is 16.2. The lowest BCUT2D eigenvalue weighted by Crippen LogP contribution is -2.29. The Kier molecular flexibility index (Phi) is 4.09. The standard InChI is InChI=1S/C14H18N6O/c21-14(10-20-11-15-17-18-20)16-12-4-6-13(7-5-12)19-8-2-1-3-9-19/h4-7,11H,1-3,8-10H2,(H,16,21). The molecule has 1 aliphatic heterocycles. The minimum Gasteiger partial charge on any atom is -0.372 e. The summed E-state index contributed by atoms with van der Waals surface area (Å²) in [5.74, 6) is -0.145. The molecule has 21 heavy (non-hydrogen) atoms. The van der Waals surface area contributed by atoms with Crippen LogP contribution in [-0.2, 0) is 11.3 Å². The fourth-order valence-corrected chi connectivity index (χ4v) is 2.51. The van der Waals surface area contributed by atoms with E-state index in [0.717, 1.165) is 18.8 Å². The minimum absolute atomic E-state index is 0.112. The topological polar surface area (TPSA) is 75.9 Å². The number of nitrogens with one attached hydrogen (secondary N) is 1. The Hall–Kier alpha value is -2.44. The summed E-state index contributed by atoms with van der Waals surface area (Å²) in [6.07, 6.45) is 5.25. The third kappa shape index (κ3) is 3.56. The van der Waals surface area contributed by atoms with Crippen molar-refractivity contribution in [2.75, 3.05) is 23.3 Å². The second-order valence-corrected chi connectivity index (χ2v) is 5.15. The maximum absolute atomic E-state index is 11.8. The Morgan fingerprint density at radius 3 is 2.57 bits per heavy atom. The van der Waals surface area contributed by atoms with E-state index in [1.807, 2.05) is 12.1 Å². The molecule has 7 nitrogen and oxygen atoms in total. The van der Waals surface area contributed by atoms with E-state index in [4.69, 9.17) is 0 Å². The van der Waals surface area contributed by atoms with Gasteiger partial charge in [0.05, 0.1) is 0 Å². The van der Waals surface area contributed by atoms with Crippen molar-refractivity contribution in [2.24, 2.45) is 0 Å². The molecule has 3 rings (SSSR count). The summed E-state index contributed by atoms with van der Waals surface area (Å²) in [7, 11) is 0. The number of carbonyl (C=O) groups is 1. The molecule has 0 saturated carbocycles.